The molecule has 0 aliphatic rings. The van der Waals surface area contributed by atoms with E-state index in [1.807, 2.05) is 0 Å². The van der Waals surface area contributed by atoms with E-state index in [-0.39, 0.29) is 18.5 Å². The van der Waals surface area contributed by atoms with Crippen LogP contribution in [-0.4, -0.2) is 41.1 Å². The fourth-order valence-electron chi connectivity index (χ4n) is 1.45. The molecule has 0 saturated carbocycles. The molecular weight excluding hydrogens is 304 g/mol. The molecule has 0 saturated heterocycles. The molecule has 10 heteroatoms. The molecule has 21 heavy (non-hydrogen) atoms. The summed E-state index contributed by atoms with van der Waals surface area (Å²) in [5, 5.41) is 20.4. The zero-order valence-electron chi connectivity index (χ0n) is 10.7. The summed E-state index contributed by atoms with van der Waals surface area (Å²) in [6, 6.07) is 2.19. The number of aliphatic carboxylic acids is 1. The van der Waals surface area contributed by atoms with E-state index >= 15 is 0 Å². The van der Waals surface area contributed by atoms with Crippen LogP contribution in [0.5, 0.6) is 5.75 Å². The molecule has 1 atom stereocenters. The summed E-state index contributed by atoms with van der Waals surface area (Å²) >= 11 is 0. The van der Waals surface area contributed by atoms with Gasteiger partial charge >= 0.3 is 5.97 Å². The van der Waals surface area contributed by atoms with Gasteiger partial charge in [-0.3, -0.25) is 14.1 Å². The minimum absolute atomic E-state index is 0.125. The Hall–Kier alpha value is -2.17. The van der Waals surface area contributed by atoms with Gasteiger partial charge in [-0.25, -0.2) is 0 Å². The van der Waals surface area contributed by atoms with E-state index in [4.69, 9.17) is 15.4 Å². The number of nitrogens with one attached hydrogen (secondary N) is 1. The first kappa shape index (κ1) is 16.9. The second-order valence-corrected chi connectivity index (χ2v) is 5.55. The maximum absolute atomic E-state index is 11.6. The summed E-state index contributed by atoms with van der Waals surface area (Å²) in [5.41, 5.74) is 5.00. The molecule has 0 aliphatic carbocycles. The standard InChI is InChI=1S/C11H14N2O7S/c12-6(11(16)17)4-5-9(14)13-7-2-1-3-8(10(7)15)21(18,19)20/h1-3,6,15H,4-5,12H2,(H,13,14)(H,16,17)(H,18,19,20)/t6-/m0/s1. The Morgan fingerprint density at radius 1 is 1.33 bits per heavy atom. The van der Waals surface area contributed by atoms with Gasteiger partial charge in [0.15, 0.2) is 5.75 Å². The number of phenolic OH excluding ortho intramolecular Hbond substituents is 1. The summed E-state index contributed by atoms with van der Waals surface area (Å²) < 4.78 is 30.8. The number of rotatable bonds is 6. The topological polar surface area (TPSA) is 167 Å². The predicted octanol–water partition coefficient (Wildman–Crippen LogP) is -0.231. The minimum Gasteiger partial charge on any atom is -0.504 e. The van der Waals surface area contributed by atoms with Crippen molar-refractivity contribution in [1.29, 1.82) is 0 Å². The third kappa shape index (κ3) is 4.70. The van der Waals surface area contributed by atoms with Crippen LogP contribution in [0.25, 0.3) is 0 Å². The van der Waals surface area contributed by atoms with Gasteiger partial charge in [0.25, 0.3) is 10.1 Å². The second kappa shape index (κ2) is 6.52. The summed E-state index contributed by atoms with van der Waals surface area (Å²) in [6.45, 7) is 0. The summed E-state index contributed by atoms with van der Waals surface area (Å²) in [5.74, 6) is -2.72. The zero-order chi connectivity index (χ0) is 16.2. The number of hydrogen-bond donors (Lipinski definition) is 5. The van der Waals surface area contributed by atoms with Crippen molar-refractivity contribution in [2.45, 2.75) is 23.8 Å². The Morgan fingerprint density at radius 3 is 2.48 bits per heavy atom. The molecule has 0 aromatic heterocycles. The number of carboxylic acids is 1. The van der Waals surface area contributed by atoms with E-state index in [9.17, 15) is 23.1 Å². The highest BCUT2D eigenvalue weighted by Crippen LogP contribution is 2.30. The Labute approximate surface area is 120 Å². The van der Waals surface area contributed by atoms with Crippen LogP contribution < -0.4 is 11.1 Å². The highest BCUT2D eigenvalue weighted by Gasteiger charge is 2.19. The van der Waals surface area contributed by atoms with Crippen LogP contribution in [0.15, 0.2) is 23.1 Å². The Balaban J connectivity index is 2.80. The lowest BCUT2D eigenvalue weighted by Crippen LogP contribution is -2.31. The van der Waals surface area contributed by atoms with Gasteiger partial charge in [-0.05, 0) is 18.6 Å². The van der Waals surface area contributed by atoms with Crippen LogP contribution in [0.3, 0.4) is 0 Å². The van der Waals surface area contributed by atoms with Gasteiger partial charge in [-0.15, -0.1) is 0 Å². The molecule has 6 N–H and O–H groups in total. The van der Waals surface area contributed by atoms with E-state index in [1.54, 1.807) is 0 Å². The van der Waals surface area contributed by atoms with Crippen molar-refractivity contribution < 1.29 is 32.8 Å². The first-order chi connectivity index (χ1) is 9.62. The molecule has 1 aromatic rings. The van der Waals surface area contributed by atoms with Gasteiger partial charge in [0.2, 0.25) is 5.91 Å². The summed E-state index contributed by atoms with van der Waals surface area (Å²) in [6.07, 6.45) is -0.358. The quantitative estimate of drug-likeness (QED) is 0.354. The predicted molar refractivity (Wildman–Crippen MR) is 71.4 cm³/mol. The van der Waals surface area contributed by atoms with Gasteiger partial charge in [-0.1, -0.05) is 6.07 Å². The average Bonchev–Trinajstić information content (AvgIpc) is 2.36. The molecule has 0 unspecified atom stereocenters. The van der Waals surface area contributed by atoms with E-state index in [0.717, 1.165) is 6.07 Å². The number of hydrogen-bond acceptors (Lipinski definition) is 6. The van der Waals surface area contributed by atoms with Crippen LogP contribution in [0.1, 0.15) is 12.8 Å². The van der Waals surface area contributed by atoms with E-state index in [1.165, 1.54) is 12.1 Å². The van der Waals surface area contributed by atoms with Crippen LogP contribution >= 0.6 is 0 Å². The van der Waals surface area contributed by atoms with Crippen LogP contribution in [0, 0.1) is 0 Å². The highest BCUT2D eigenvalue weighted by molar-refractivity contribution is 7.86. The first-order valence-electron chi connectivity index (χ1n) is 5.70. The molecule has 1 aromatic carbocycles. The van der Waals surface area contributed by atoms with Crippen molar-refractivity contribution in [3.63, 3.8) is 0 Å². The Morgan fingerprint density at radius 2 is 1.95 bits per heavy atom. The number of benzene rings is 1. The van der Waals surface area contributed by atoms with Gasteiger partial charge in [0.1, 0.15) is 10.9 Å². The van der Waals surface area contributed by atoms with E-state index < -0.39 is 38.7 Å². The maximum atomic E-state index is 11.6. The number of carboxylic acid groups (broad SMARTS) is 1. The van der Waals surface area contributed by atoms with Crippen LogP contribution in [0.4, 0.5) is 5.69 Å². The van der Waals surface area contributed by atoms with Crippen LogP contribution in [0.2, 0.25) is 0 Å². The van der Waals surface area contributed by atoms with E-state index in [0.29, 0.717) is 0 Å². The zero-order valence-corrected chi connectivity index (χ0v) is 11.5. The Bertz CT molecular complexity index is 657. The molecule has 116 valence electrons. The van der Waals surface area contributed by atoms with Crippen molar-refractivity contribution in [2.75, 3.05) is 5.32 Å². The number of aromatic hydroxyl groups is 1. The molecule has 0 bridgehead atoms. The van der Waals surface area contributed by atoms with Crippen molar-refractivity contribution in [2.24, 2.45) is 5.73 Å². The molecule has 0 spiro atoms. The fraction of sp³-hybridized carbons (Fsp3) is 0.273. The number of nitrogens with two attached hydrogens (primary N) is 1. The fourth-order valence-corrected chi connectivity index (χ4v) is 2.06. The lowest BCUT2D eigenvalue weighted by atomic mass is 10.1. The number of carbonyl (C=O) groups excluding carboxylic acids is 1. The number of carbonyl (C=O) groups is 2. The third-order valence-electron chi connectivity index (χ3n) is 2.55. The van der Waals surface area contributed by atoms with Crippen molar-refractivity contribution in [3.8, 4) is 5.75 Å². The lowest BCUT2D eigenvalue weighted by Gasteiger charge is -2.10. The molecule has 9 nitrogen and oxygen atoms in total. The van der Waals surface area contributed by atoms with E-state index in [2.05, 4.69) is 5.32 Å². The van der Waals surface area contributed by atoms with Crippen molar-refractivity contribution in [1.82, 2.24) is 0 Å². The third-order valence-corrected chi connectivity index (χ3v) is 3.44. The number of phenols is 1. The number of amides is 1. The van der Waals surface area contributed by atoms with Gasteiger partial charge in [0, 0.05) is 6.42 Å². The average molecular weight is 318 g/mol. The number of anilines is 1. The van der Waals surface area contributed by atoms with Gasteiger partial charge in [-0.2, -0.15) is 8.42 Å². The molecular formula is C11H14N2O7S. The Kier molecular flexibility index (Phi) is 5.24. The SMILES string of the molecule is N[C@@H](CCC(=O)Nc1cccc(S(=O)(=O)O)c1O)C(=O)O. The number of para-hydroxylation sites is 1. The monoisotopic (exact) mass is 318 g/mol. The largest absolute Gasteiger partial charge is 0.504 e. The second-order valence-electron chi connectivity index (χ2n) is 4.16. The smallest absolute Gasteiger partial charge is 0.320 e. The summed E-state index contributed by atoms with van der Waals surface area (Å²) in [4.78, 5) is 21.3. The van der Waals surface area contributed by atoms with Crippen molar-refractivity contribution in [3.05, 3.63) is 18.2 Å². The van der Waals surface area contributed by atoms with Crippen molar-refractivity contribution >= 4 is 27.7 Å². The normalized spacial score (nSPS) is 12.7. The molecule has 0 radical (unpaired) electrons. The molecule has 0 fully saturated rings. The molecule has 0 aliphatic heterocycles. The highest BCUT2D eigenvalue weighted by atomic mass is 32.2. The molecule has 1 amide bonds. The van der Waals surface area contributed by atoms with Gasteiger partial charge in [0.05, 0.1) is 5.69 Å². The van der Waals surface area contributed by atoms with Crippen LogP contribution in [-0.2, 0) is 19.7 Å². The minimum atomic E-state index is -4.63. The van der Waals surface area contributed by atoms with Gasteiger partial charge < -0.3 is 21.3 Å². The molecule has 1 rings (SSSR count). The molecule has 0 heterocycles. The maximum Gasteiger partial charge on any atom is 0.320 e. The lowest BCUT2D eigenvalue weighted by molar-refractivity contribution is -0.138. The first-order valence-corrected chi connectivity index (χ1v) is 7.14. The summed E-state index contributed by atoms with van der Waals surface area (Å²) in [7, 11) is -4.63.